The Morgan fingerprint density at radius 1 is 1.33 bits per heavy atom. The van der Waals surface area contributed by atoms with E-state index in [1.165, 1.54) is 13.0 Å². The Kier molecular flexibility index (Phi) is 4.00. The quantitative estimate of drug-likeness (QED) is 0.860. The molecule has 1 amide bonds. The Hall–Kier alpha value is -3.14. The zero-order valence-corrected chi connectivity index (χ0v) is 11.2. The molecule has 1 unspecified atom stereocenters. The Morgan fingerprint density at radius 2 is 2.10 bits per heavy atom. The van der Waals surface area contributed by atoms with Gasteiger partial charge in [-0.2, -0.15) is 5.26 Å². The number of amides is 1. The fraction of sp³-hybridized carbons (Fsp3) is 0.143. The summed E-state index contributed by atoms with van der Waals surface area (Å²) in [6, 6.07) is 9.65. The fourth-order valence-electron chi connectivity index (χ4n) is 1.76. The smallest absolute Gasteiger partial charge is 0.265 e. The Labute approximate surface area is 119 Å². The van der Waals surface area contributed by atoms with Crippen LogP contribution >= 0.6 is 0 Å². The minimum atomic E-state index is -0.892. The van der Waals surface area contributed by atoms with Gasteiger partial charge in [-0.05, 0) is 25.1 Å². The van der Waals surface area contributed by atoms with E-state index in [2.05, 4.69) is 10.4 Å². The van der Waals surface area contributed by atoms with E-state index in [9.17, 15) is 14.4 Å². The highest BCUT2D eigenvalue weighted by atomic mass is 16.2. The maximum absolute atomic E-state index is 12.1. The average Bonchev–Trinajstić information content (AvgIpc) is 2.49. The number of nitrogens with zero attached hydrogens (tertiary/aromatic N) is 2. The number of H-pyrrole nitrogens is 1. The summed E-state index contributed by atoms with van der Waals surface area (Å²) in [4.78, 5) is 35.0. The van der Waals surface area contributed by atoms with Crippen LogP contribution in [0.15, 0.2) is 46.0 Å². The normalized spacial score (nSPS) is 11.4. The van der Waals surface area contributed by atoms with Crippen molar-refractivity contribution >= 4 is 11.6 Å². The van der Waals surface area contributed by atoms with Crippen LogP contribution in [-0.2, 0) is 4.79 Å². The molecule has 1 atom stereocenters. The average molecular weight is 284 g/mol. The molecule has 21 heavy (non-hydrogen) atoms. The minimum Gasteiger partial charge on any atom is -0.324 e. The number of anilines is 1. The molecule has 0 aliphatic rings. The van der Waals surface area contributed by atoms with Gasteiger partial charge in [0.25, 0.3) is 11.1 Å². The highest BCUT2D eigenvalue weighted by molar-refractivity contribution is 5.93. The van der Waals surface area contributed by atoms with Crippen LogP contribution in [-0.4, -0.2) is 15.7 Å². The first-order valence-electron chi connectivity index (χ1n) is 6.14. The summed E-state index contributed by atoms with van der Waals surface area (Å²) in [5.41, 5.74) is -0.105. The summed E-state index contributed by atoms with van der Waals surface area (Å²) < 4.78 is 0.950. The molecule has 0 aliphatic heterocycles. The minimum absolute atomic E-state index is 0.408. The predicted octanol–water partition coefficient (Wildman–Crippen LogP) is 0.608. The van der Waals surface area contributed by atoms with Gasteiger partial charge in [0.2, 0.25) is 5.91 Å². The predicted molar refractivity (Wildman–Crippen MR) is 75.8 cm³/mol. The van der Waals surface area contributed by atoms with Crippen molar-refractivity contribution in [2.45, 2.75) is 13.0 Å². The lowest BCUT2D eigenvalue weighted by Crippen LogP contribution is -2.36. The van der Waals surface area contributed by atoms with E-state index < -0.39 is 23.1 Å². The van der Waals surface area contributed by atoms with Gasteiger partial charge in [0.15, 0.2) is 0 Å². The molecular weight excluding hydrogens is 272 g/mol. The van der Waals surface area contributed by atoms with Crippen LogP contribution in [0.5, 0.6) is 0 Å². The highest BCUT2D eigenvalue weighted by Crippen LogP contribution is 2.12. The molecule has 1 aromatic carbocycles. The van der Waals surface area contributed by atoms with Crippen molar-refractivity contribution in [3.63, 3.8) is 0 Å². The number of hydrogen-bond donors (Lipinski definition) is 2. The van der Waals surface area contributed by atoms with Crippen LogP contribution in [0.2, 0.25) is 0 Å². The van der Waals surface area contributed by atoms with Gasteiger partial charge in [-0.3, -0.25) is 19.5 Å². The monoisotopic (exact) mass is 284 g/mol. The number of carbonyl (C=O) groups is 1. The molecule has 0 radical (unpaired) electrons. The molecule has 2 aromatic rings. The van der Waals surface area contributed by atoms with Gasteiger partial charge in [-0.15, -0.1) is 0 Å². The van der Waals surface area contributed by atoms with Crippen LogP contribution in [0.1, 0.15) is 18.5 Å². The van der Waals surface area contributed by atoms with Crippen LogP contribution in [0, 0.1) is 11.3 Å². The molecule has 0 saturated carbocycles. The summed E-state index contributed by atoms with van der Waals surface area (Å²) in [6.45, 7) is 1.49. The third kappa shape index (κ3) is 3.25. The molecule has 7 nitrogen and oxygen atoms in total. The van der Waals surface area contributed by atoms with Crippen molar-refractivity contribution in [3.8, 4) is 6.07 Å². The number of aromatic amines is 1. The van der Waals surface area contributed by atoms with Gasteiger partial charge in [-0.1, -0.05) is 6.07 Å². The van der Waals surface area contributed by atoms with Gasteiger partial charge in [0.1, 0.15) is 6.04 Å². The van der Waals surface area contributed by atoms with Crippen molar-refractivity contribution in [2.24, 2.45) is 0 Å². The second kappa shape index (κ2) is 5.88. The molecule has 0 saturated heterocycles. The molecule has 2 N–H and O–H groups in total. The molecule has 0 fully saturated rings. The molecule has 0 bridgehead atoms. The second-order valence-corrected chi connectivity index (χ2v) is 4.38. The lowest BCUT2D eigenvalue weighted by Gasteiger charge is -2.14. The molecule has 1 heterocycles. The summed E-state index contributed by atoms with van der Waals surface area (Å²) in [5, 5.41) is 13.7. The zero-order valence-electron chi connectivity index (χ0n) is 11.2. The highest BCUT2D eigenvalue weighted by Gasteiger charge is 2.16. The van der Waals surface area contributed by atoms with Crippen LogP contribution in [0.3, 0.4) is 0 Å². The van der Waals surface area contributed by atoms with Crippen molar-refractivity contribution in [3.05, 3.63) is 62.7 Å². The second-order valence-electron chi connectivity index (χ2n) is 4.38. The molecule has 1 aromatic heterocycles. The Morgan fingerprint density at radius 3 is 2.81 bits per heavy atom. The standard InChI is InChI=1S/C14H12N4O3/c1-9(18-13(20)6-5-12(19)17-18)14(21)16-11-4-2-3-10(7-11)8-15/h2-7,9H,1H3,(H,16,21)(H,17,19). The topological polar surface area (TPSA) is 108 Å². The third-order valence-electron chi connectivity index (χ3n) is 2.87. The number of nitrogens with one attached hydrogen (secondary N) is 2. The van der Waals surface area contributed by atoms with E-state index in [0.717, 1.165) is 16.8 Å². The number of nitriles is 1. The summed E-state index contributed by atoms with van der Waals surface area (Å²) in [5.74, 6) is -0.478. The third-order valence-corrected chi connectivity index (χ3v) is 2.87. The van der Waals surface area contributed by atoms with Crippen molar-refractivity contribution in [1.29, 1.82) is 5.26 Å². The van der Waals surface area contributed by atoms with Gasteiger partial charge in [0.05, 0.1) is 11.6 Å². The number of rotatable bonds is 3. The molecule has 7 heteroatoms. The summed E-state index contributed by atoms with van der Waals surface area (Å²) >= 11 is 0. The van der Waals surface area contributed by atoms with Gasteiger partial charge in [-0.25, -0.2) is 4.68 Å². The van der Waals surface area contributed by atoms with E-state index >= 15 is 0 Å². The zero-order chi connectivity index (χ0) is 15.4. The largest absolute Gasteiger partial charge is 0.324 e. The van der Waals surface area contributed by atoms with Gasteiger partial charge < -0.3 is 5.32 Å². The summed E-state index contributed by atoms with van der Waals surface area (Å²) in [6.07, 6.45) is 0. The lowest BCUT2D eigenvalue weighted by molar-refractivity contribution is -0.119. The van der Waals surface area contributed by atoms with Crippen LogP contribution in [0.25, 0.3) is 0 Å². The van der Waals surface area contributed by atoms with Gasteiger partial charge >= 0.3 is 0 Å². The lowest BCUT2D eigenvalue weighted by atomic mass is 10.2. The first-order chi connectivity index (χ1) is 10.0. The van der Waals surface area contributed by atoms with Gasteiger partial charge in [0, 0.05) is 17.8 Å². The van der Waals surface area contributed by atoms with E-state index in [1.54, 1.807) is 18.2 Å². The SMILES string of the molecule is CC(C(=O)Nc1cccc(C#N)c1)n1[nH]c(=O)ccc1=O. The maximum atomic E-state index is 12.1. The molecule has 106 valence electrons. The fourth-order valence-corrected chi connectivity index (χ4v) is 1.76. The number of aromatic nitrogens is 2. The Balaban J connectivity index is 2.23. The van der Waals surface area contributed by atoms with E-state index in [4.69, 9.17) is 5.26 Å². The van der Waals surface area contributed by atoms with Crippen molar-refractivity contribution in [1.82, 2.24) is 9.78 Å². The van der Waals surface area contributed by atoms with Crippen LogP contribution < -0.4 is 16.4 Å². The number of benzene rings is 1. The van der Waals surface area contributed by atoms with E-state index in [0.29, 0.717) is 11.3 Å². The molecule has 0 spiro atoms. The van der Waals surface area contributed by atoms with E-state index in [1.807, 2.05) is 6.07 Å². The van der Waals surface area contributed by atoms with Crippen molar-refractivity contribution < 1.29 is 4.79 Å². The maximum Gasteiger partial charge on any atom is 0.265 e. The Bertz CT molecular complexity index is 829. The number of hydrogen-bond acceptors (Lipinski definition) is 4. The molecular formula is C14H12N4O3. The van der Waals surface area contributed by atoms with Crippen LogP contribution in [0.4, 0.5) is 5.69 Å². The van der Waals surface area contributed by atoms with E-state index in [-0.39, 0.29) is 0 Å². The molecule has 2 rings (SSSR count). The first kappa shape index (κ1) is 14.3. The van der Waals surface area contributed by atoms with Crippen molar-refractivity contribution in [2.75, 3.05) is 5.32 Å². The first-order valence-corrected chi connectivity index (χ1v) is 6.14. The molecule has 0 aliphatic carbocycles. The number of carbonyl (C=O) groups excluding carboxylic acids is 1. The summed E-state index contributed by atoms with van der Waals surface area (Å²) in [7, 11) is 0.